The lowest BCUT2D eigenvalue weighted by Crippen LogP contribution is -2.30. The smallest absolute Gasteiger partial charge is 0.208 e. The van der Waals surface area contributed by atoms with E-state index >= 15 is 0 Å². The SMILES string of the molecule is CS(=O)(=O)NCCNCc1c(O)cccc1Cl. The number of hydrogen-bond donors (Lipinski definition) is 3. The van der Waals surface area contributed by atoms with Crippen LogP contribution < -0.4 is 10.0 Å². The van der Waals surface area contributed by atoms with Crippen LogP contribution in [0.15, 0.2) is 18.2 Å². The molecule has 1 aromatic carbocycles. The molecule has 0 heterocycles. The molecule has 0 bridgehead atoms. The normalized spacial score (nSPS) is 11.6. The average Bonchev–Trinajstić information content (AvgIpc) is 2.20. The van der Waals surface area contributed by atoms with Crippen LogP contribution in [0.4, 0.5) is 0 Å². The minimum absolute atomic E-state index is 0.126. The molecule has 0 aromatic heterocycles. The quantitative estimate of drug-likeness (QED) is 0.669. The predicted molar refractivity (Wildman–Crippen MR) is 67.7 cm³/mol. The fraction of sp³-hybridized carbons (Fsp3) is 0.400. The van der Waals surface area contributed by atoms with Gasteiger partial charge in [0, 0.05) is 30.2 Å². The molecule has 5 nitrogen and oxygen atoms in total. The van der Waals surface area contributed by atoms with E-state index in [0.29, 0.717) is 30.2 Å². The third kappa shape index (κ3) is 5.36. The van der Waals surface area contributed by atoms with Gasteiger partial charge in [-0.05, 0) is 12.1 Å². The monoisotopic (exact) mass is 278 g/mol. The van der Waals surface area contributed by atoms with Crippen molar-refractivity contribution in [3.05, 3.63) is 28.8 Å². The first-order valence-electron chi connectivity index (χ1n) is 5.02. The molecule has 96 valence electrons. The van der Waals surface area contributed by atoms with Gasteiger partial charge in [0.25, 0.3) is 0 Å². The van der Waals surface area contributed by atoms with Crippen LogP contribution in [-0.2, 0) is 16.6 Å². The van der Waals surface area contributed by atoms with Gasteiger partial charge >= 0.3 is 0 Å². The van der Waals surface area contributed by atoms with Crippen molar-refractivity contribution < 1.29 is 13.5 Å². The van der Waals surface area contributed by atoms with E-state index < -0.39 is 10.0 Å². The number of phenols is 1. The molecule has 0 spiro atoms. The van der Waals surface area contributed by atoms with E-state index in [1.807, 2.05) is 0 Å². The Kier molecular flexibility index (Phi) is 5.20. The number of benzene rings is 1. The summed E-state index contributed by atoms with van der Waals surface area (Å²) in [6, 6.07) is 4.90. The molecule has 17 heavy (non-hydrogen) atoms. The second kappa shape index (κ2) is 6.20. The van der Waals surface area contributed by atoms with Crippen LogP contribution in [0.25, 0.3) is 0 Å². The highest BCUT2D eigenvalue weighted by molar-refractivity contribution is 7.88. The minimum atomic E-state index is -3.15. The maximum atomic E-state index is 10.8. The van der Waals surface area contributed by atoms with E-state index in [4.69, 9.17) is 11.6 Å². The number of phenolic OH excluding ortho intramolecular Hbond substituents is 1. The zero-order valence-corrected chi connectivity index (χ0v) is 11.0. The Bertz CT molecular complexity index is 456. The highest BCUT2D eigenvalue weighted by atomic mass is 35.5. The van der Waals surface area contributed by atoms with Gasteiger partial charge in [-0.2, -0.15) is 0 Å². The Morgan fingerprint density at radius 2 is 2.06 bits per heavy atom. The largest absolute Gasteiger partial charge is 0.508 e. The molecule has 0 radical (unpaired) electrons. The summed E-state index contributed by atoms with van der Waals surface area (Å²) in [7, 11) is -3.15. The van der Waals surface area contributed by atoms with Gasteiger partial charge in [0.15, 0.2) is 0 Å². The molecule has 0 aliphatic carbocycles. The van der Waals surface area contributed by atoms with E-state index in [1.54, 1.807) is 18.2 Å². The summed E-state index contributed by atoms with van der Waals surface area (Å²) in [6.45, 7) is 1.14. The van der Waals surface area contributed by atoms with Crippen molar-refractivity contribution in [2.75, 3.05) is 19.3 Å². The second-order valence-corrected chi connectivity index (χ2v) is 5.82. The zero-order chi connectivity index (χ0) is 12.9. The molecule has 0 amide bonds. The number of nitrogens with one attached hydrogen (secondary N) is 2. The molecule has 7 heteroatoms. The van der Waals surface area contributed by atoms with Crippen molar-refractivity contribution in [3.8, 4) is 5.75 Å². The van der Waals surface area contributed by atoms with Gasteiger partial charge in [0.2, 0.25) is 10.0 Å². The van der Waals surface area contributed by atoms with E-state index in [-0.39, 0.29) is 5.75 Å². The third-order valence-electron chi connectivity index (χ3n) is 2.06. The Balaban J connectivity index is 2.37. The zero-order valence-electron chi connectivity index (χ0n) is 9.40. The van der Waals surface area contributed by atoms with Crippen molar-refractivity contribution in [2.45, 2.75) is 6.54 Å². The van der Waals surface area contributed by atoms with E-state index in [1.165, 1.54) is 0 Å². The molecule has 0 saturated carbocycles. The minimum Gasteiger partial charge on any atom is -0.508 e. The first kappa shape index (κ1) is 14.2. The Morgan fingerprint density at radius 1 is 1.35 bits per heavy atom. The molecule has 1 aromatic rings. The van der Waals surface area contributed by atoms with Crippen molar-refractivity contribution >= 4 is 21.6 Å². The maximum absolute atomic E-state index is 10.8. The fourth-order valence-corrected chi connectivity index (χ4v) is 1.97. The molecular formula is C10H15ClN2O3S. The van der Waals surface area contributed by atoms with Crippen molar-refractivity contribution in [2.24, 2.45) is 0 Å². The van der Waals surface area contributed by atoms with Crippen LogP contribution in [0.5, 0.6) is 5.75 Å². The summed E-state index contributed by atoms with van der Waals surface area (Å²) < 4.78 is 23.9. The van der Waals surface area contributed by atoms with Crippen LogP contribution in [0.2, 0.25) is 5.02 Å². The standard InChI is InChI=1S/C10H15ClN2O3S/c1-17(15,16)13-6-5-12-7-8-9(11)3-2-4-10(8)14/h2-4,12-14H,5-7H2,1H3. The third-order valence-corrected chi connectivity index (χ3v) is 3.14. The first-order valence-corrected chi connectivity index (χ1v) is 7.29. The summed E-state index contributed by atoms with van der Waals surface area (Å²) in [5, 5.41) is 13.0. The first-order chi connectivity index (χ1) is 7.90. The van der Waals surface area contributed by atoms with Crippen molar-refractivity contribution in [3.63, 3.8) is 0 Å². The number of aromatic hydroxyl groups is 1. The van der Waals surface area contributed by atoms with Gasteiger partial charge in [-0.25, -0.2) is 13.1 Å². The van der Waals surface area contributed by atoms with Crippen LogP contribution >= 0.6 is 11.6 Å². The Morgan fingerprint density at radius 3 is 2.65 bits per heavy atom. The van der Waals surface area contributed by atoms with Gasteiger partial charge in [-0.15, -0.1) is 0 Å². The number of sulfonamides is 1. The number of halogens is 1. The second-order valence-electron chi connectivity index (χ2n) is 3.58. The lowest BCUT2D eigenvalue weighted by molar-refractivity contribution is 0.464. The van der Waals surface area contributed by atoms with Gasteiger partial charge in [-0.1, -0.05) is 17.7 Å². The molecule has 0 saturated heterocycles. The summed E-state index contributed by atoms with van der Waals surface area (Å²) in [5.74, 6) is 0.126. The molecule has 0 fully saturated rings. The summed E-state index contributed by atoms with van der Waals surface area (Å²) >= 11 is 5.90. The summed E-state index contributed by atoms with van der Waals surface area (Å²) in [6.07, 6.45) is 1.10. The van der Waals surface area contributed by atoms with Crippen molar-refractivity contribution in [1.29, 1.82) is 0 Å². The van der Waals surface area contributed by atoms with Crippen LogP contribution in [0, 0.1) is 0 Å². The van der Waals surface area contributed by atoms with Gasteiger partial charge < -0.3 is 10.4 Å². The molecule has 1 rings (SSSR count). The summed E-state index contributed by atoms with van der Waals surface area (Å²) in [5.41, 5.74) is 0.605. The lowest BCUT2D eigenvalue weighted by atomic mass is 10.2. The topological polar surface area (TPSA) is 78.4 Å². The average molecular weight is 279 g/mol. The van der Waals surface area contributed by atoms with Crippen LogP contribution in [-0.4, -0.2) is 32.9 Å². The van der Waals surface area contributed by atoms with E-state index in [2.05, 4.69) is 10.0 Å². The van der Waals surface area contributed by atoms with Gasteiger partial charge in [-0.3, -0.25) is 0 Å². The van der Waals surface area contributed by atoms with Gasteiger partial charge in [0.1, 0.15) is 5.75 Å². The number of hydrogen-bond acceptors (Lipinski definition) is 4. The number of rotatable bonds is 6. The van der Waals surface area contributed by atoms with Crippen LogP contribution in [0.1, 0.15) is 5.56 Å². The Labute approximate surface area is 106 Å². The maximum Gasteiger partial charge on any atom is 0.208 e. The molecule has 0 aliphatic rings. The van der Waals surface area contributed by atoms with E-state index in [9.17, 15) is 13.5 Å². The van der Waals surface area contributed by atoms with Crippen molar-refractivity contribution in [1.82, 2.24) is 10.0 Å². The van der Waals surface area contributed by atoms with Gasteiger partial charge in [0.05, 0.1) is 6.26 Å². The molecule has 3 N–H and O–H groups in total. The lowest BCUT2D eigenvalue weighted by Gasteiger charge is -2.08. The summed E-state index contributed by atoms with van der Waals surface area (Å²) in [4.78, 5) is 0. The molecular weight excluding hydrogens is 264 g/mol. The van der Waals surface area contributed by atoms with E-state index in [0.717, 1.165) is 6.26 Å². The predicted octanol–water partition coefficient (Wildman–Crippen LogP) is 0.684. The van der Waals surface area contributed by atoms with Crippen LogP contribution in [0.3, 0.4) is 0 Å². The fourth-order valence-electron chi connectivity index (χ4n) is 1.26. The highest BCUT2D eigenvalue weighted by Gasteiger charge is 2.05. The molecule has 0 unspecified atom stereocenters. The Hall–Kier alpha value is -0.820. The highest BCUT2D eigenvalue weighted by Crippen LogP contribution is 2.24. The molecule has 0 atom stereocenters. The molecule has 0 aliphatic heterocycles.